The Bertz CT molecular complexity index is 867. The molecule has 2 N–H and O–H groups in total. The number of hydrogen-bond acceptors (Lipinski definition) is 1. The quantitative estimate of drug-likeness (QED) is 0.642. The zero-order valence-corrected chi connectivity index (χ0v) is 14.6. The van der Waals surface area contributed by atoms with Crippen molar-refractivity contribution < 1.29 is 9.18 Å². The lowest BCUT2D eigenvalue weighted by Crippen LogP contribution is -2.28. The summed E-state index contributed by atoms with van der Waals surface area (Å²) in [5.74, 6) is 0.145. The third kappa shape index (κ3) is 4.08. The van der Waals surface area contributed by atoms with Gasteiger partial charge < -0.3 is 10.3 Å². The van der Waals surface area contributed by atoms with Gasteiger partial charge in [-0.1, -0.05) is 44.5 Å². The van der Waals surface area contributed by atoms with E-state index in [4.69, 9.17) is 0 Å². The van der Waals surface area contributed by atoms with Crippen LogP contribution in [0.2, 0.25) is 0 Å². The van der Waals surface area contributed by atoms with Crippen LogP contribution in [0.5, 0.6) is 0 Å². The monoisotopic (exact) mass is 338 g/mol. The molecule has 130 valence electrons. The molecule has 0 bridgehead atoms. The summed E-state index contributed by atoms with van der Waals surface area (Å²) in [6, 6.07) is 14.2. The number of aromatic amines is 1. The smallest absolute Gasteiger partial charge is 0.267 e. The molecule has 0 spiro atoms. The van der Waals surface area contributed by atoms with E-state index in [1.807, 2.05) is 24.3 Å². The number of carbonyl (C=O) groups excluding carboxylic acids is 1. The molecule has 0 fully saturated rings. The van der Waals surface area contributed by atoms with E-state index in [9.17, 15) is 9.18 Å². The lowest BCUT2D eigenvalue weighted by Gasteiger charge is -2.10. The van der Waals surface area contributed by atoms with Crippen molar-refractivity contribution in [3.05, 3.63) is 60.0 Å². The summed E-state index contributed by atoms with van der Waals surface area (Å²) in [4.78, 5) is 15.5. The van der Waals surface area contributed by atoms with E-state index >= 15 is 0 Å². The zero-order chi connectivity index (χ0) is 17.8. The number of halogens is 1. The molecular weight excluding hydrogens is 315 g/mol. The van der Waals surface area contributed by atoms with Crippen LogP contribution >= 0.6 is 0 Å². The zero-order valence-electron chi connectivity index (χ0n) is 14.6. The van der Waals surface area contributed by atoms with E-state index in [1.165, 1.54) is 12.1 Å². The van der Waals surface area contributed by atoms with Crippen LogP contribution in [0, 0.1) is 11.7 Å². The van der Waals surface area contributed by atoms with Gasteiger partial charge in [0.05, 0.1) is 0 Å². The molecule has 0 aliphatic carbocycles. The summed E-state index contributed by atoms with van der Waals surface area (Å²) in [6.07, 6.45) is 2.23. The highest BCUT2D eigenvalue weighted by atomic mass is 19.1. The van der Waals surface area contributed by atoms with Gasteiger partial charge in [-0.2, -0.15) is 0 Å². The first-order valence-corrected chi connectivity index (χ1v) is 8.73. The number of rotatable bonds is 6. The lowest BCUT2D eigenvalue weighted by molar-refractivity contribution is 0.0943. The average molecular weight is 338 g/mol. The maximum absolute atomic E-state index is 13.1. The van der Waals surface area contributed by atoms with Gasteiger partial charge in [0.2, 0.25) is 0 Å². The Kier molecular flexibility index (Phi) is 5.17. The molecule has 3 rings (SSSR count). The molecule has 1 atom stereocenters. The highest BCUT2D eigenvalue weighted by molar-refractivity contribution is 5.98. The van der Waals surface area contributed by atoms with Crippen LogP contribution < -0.4 is 5.32 Å². The Morgan fingerprint density at radius 2 is 1.84 bits per heavy atom. The molecule has 1 heterocycles. The van der Waals surface area contributed by atoms with Crippen molar-refractivity contribution in [3.63, 3.8) is 0 Å². The molecule has 3 nitrogen and oxygen atoms in total. The number of amides is 1. The van der Waals surface area contributed by atoms with Crippen molar-refractivity contribution >= 4 is 16.8 Å². The Balaban J connectivity index is 1.78. The number of benzene rings is 2. The predicted molar refractivity (Wildman–Crippen MR) is 100 cm³/mol. The van der Waals surface area contributed by atoms with Crippen molar-refractivity contribution in [2.45, 2.75) is 26.7 Å². The Hall–Kier alpha value is -2.62. The van der Waals surface area contributed by atoms with Crippen molar-refractivity contribution in [1.29, 1.82) is 0 Å². The van der Waals surface area contributed by atoms with E-state index in [0.717, 1.165) is 34.9 Å². The van der Waals surface area contributed by atoms with Gasteiger partial charge >= 0.3 is 0 Å². The molecule has 0 saturated heterocycles. The van der Waals surface area contributed by atoms with Crippen molar-refractivity contribution in [2.75, 3.05) is 6.54 Å². The van der Waals surface area contributed by atoms with Gasteiger partial charge in [0, 0.05) is 17.4 Å². The van der Waals surface area contributed by atoms with Crippen LogP contribution in [0.3, 0.4) is 0 Å². The molecule has 2 aromatic carbocycles. The first-order chi connectivity index (χ1) is 12.1. The SMILES string of the molecule is CCC[C@H](C)CNC(=O)c1cc2ccc(-c3ccc(F)cc3)cc2[nH]1. The molecule has 1 amide bonds. The van der Waals surface area contributed by atoms with E-state index in [-0.39, 0.29) is 11.7 Å². The predicted octanol–water partition coefficient (Wildman–Crippen LogP) is 5.14. The summed E-state index contributed by atoms with van der Waals surface area (Å²) in [7, 11) is 0. The van der Waals surface area contributed by atoms with Crippen molar-refractivity contribution in [1.82, 2.24) is 10.3 Å². The number of nitrogens with one attached hydrogen (secondary N) is 2. The van der Waals surface area contributed by atoms with Gasteiger partial charge in [0.1, 0.15) is 11.5 Å². The van der Waals surface area contributed by atoms with Gasteiger partial charge in [-0.15, -0.1) is 0 Å². The maximum Gasteiger partial charge on any atom is 0.267 e. The third-order valence-corrected chi connectivity index (χ3v) is 4.44. The summed E-state index contributed by atoms with van der Waals surface area (Å²) >= 11 is 0. The van der Waals surface area contributed by atoms with Gasteiger partial charge in [0.25, 0.3) is 5.91 Å². The fourth-order valence-corrected chi connectivity index (χ4v) is 3.03. The number of aromatic nitrogens is 1. The summed E-state index contributed by atoms with van der Waals surface area (Å²) in [5.41, 5.74) is 3.39. The third-order valence-electron chi connectivity index (χ3n) is 4.44. The molecule has 0 unspecified atom stereocenters. The van der Waals surface area contributed by atoms with Gasteiger partial charge in [0.15, 0.2) is 0 Å². The number of hydrogen-bond donors (Lipinski definition) is 2. The molecule has 0 aliphatic heterocycles. The van der Waals surface area contributed by atoms with E-state index in [2.05, 4.69) is 24.1 Å². The first-order valence-electron chi connectivity index (χ1n) is 8.73. The van der Waals surface area contributed by atoms with Gasteiger partial charge in [-0.3, -0.25) is 4.79 Å². The minimum atomic E-state index is -0.249. The van der Waals surface area contributed by atoms with Gasteiger partial charge in [-0.05, 0) is 47.7 Å². The molecule has 0 saturated carbocycles. The second-order valence-corrected chi connectivity index (χ2v) is 6.60. The number of H-pyrrole nitrogens is 1. The summed E-state index contributed by atoms with van der Waals surface area (Å²) in [6.45, 7) is 4.97. The standard InChI is InChI=1S/C21H23FN2O/c1-3-4-14(2)13-23-21(25)20-12-17-6-5-16(11-19(17)24-20)15-7-9-18(22)10-8-15/h5-12,14,24H,3-4,13H2,1-2H3,(H,23,25)/t14-/m0/s1. The van der Waals surface area contributed by atoms with Crippen molar-refractivity contribution in [2.24, 2.45) is 5.92 Å². The topological polar surface area (TPSA) is 44.9 Å². The molecule has 0 aliphatic rings. The molecule has 0 radical (unpaired) electrons. The minimum absolute atomic E-state index is 0.0810. The molecule has 25 heavy (non-hydrogen) atoms. The minimum Gasteiger partial charge on any atom is -0.351 e. The molecule has 3 aromatic rings. The van der Waals surface area contributed by atoms with Gasteiger partial charge in [-0.25, -0.2) is 4.39 Å². The summed E-state index contributed by atoms with van der Waals surface area (Å²) < 4.78 is 13.1. The second-order valence-electron chi connectivity index (χ2n) is 6.60. The molecule has 1 aromatic heterocycles. The Morgan fingerprint density at radius 3 is 2.56 bits per heavy atom. The highest BCUT2D eigenvalue weighted by Crippen LogP contribution is 2.25. The van der Waals surface area contributed by atoms with E-state index < -0.39 is 0 Å². The first kappa shape index (κ1) is 17.2. The van der Waals surface area contributed by atoms with Crippen LogP contribution in [0.4, 0.5) is 4.39 Å². The van der Waals surface area contributed by atoms with E-state index in [1.54, 1.807) is 12.1 Å². The maximum atomic E-state index is 13.1. The van der Waals surface area contributed by atoms with Crippen LogP contribution in [-0.4, -0.2) is 17.4 Å². The second kappa shape index (κ2) is 7.51. The van der Waals surface area contributed by atoms with Crippen LogP contribution in [-0.2, 0) is 0 Å². The normalized spacial score (nSPS) is 12.3. The fourth-order valence-electron chi connectivity index (χ4n) is 3.03. The summed E-state index contributed by atoms with van der Waals surface area (Å²) in [5, 5.41) is 3.97. The Morgan fingerprint density at radius 1 is 1.12 bits per heavy atom. The van der Waals surface area contributed by atoms with E-state index in [0.29, 0.717) is 18.2 Å². The highest BCUT2D eigenvalue weighted by Gasteiger charge is 2.11. The van der Waals surface area contributed by atoms with Crippen LogP contribution in [0.25, 0.3) is 22.0 Å². The largest absolute Gasteiger partial charge is 0.351 e. The lowest BCUT2D eigenvalue weighted by atomic mass is 10.0. The molecular formula is C21H23FN2O. The van der Waals surface area contributed by atoms with Crippen LogP contribution in [0.15, 0.2) is 48.5 Å². The van der Waals surface area contributed by atoms with Crippen LogP contribution in [0.1, 0.15) is 37.2 Å². The number of fused-ring (bicyclic) bond motifs is 1. The average Bonchev–Trinajstić information content (AvgIpc) is 3.04. The van der Waals surface area contributed by atoms with Crippen molar-refractivity contribution in [3.8, 4) is 11.1 Å². The number of carbonyl (C=O) groups is 1. The fraction of sp³-hybridized carbons (Fsp3) is 0.286. The Labute approximate surface area is 147 Å². The molecule has 4 heteroatoms.